The van der Waals surface area contributed by atoms with E-state index in [1.54, 1.807) is 4.90 Å². The zero-order valence-corrected chi connectivity index (χ0v) is 10.7. The van der Waals surface area contributed by atoms with Gasteiger partial charge in [0.05, 0.1) is 5.92 Å². The second kappa shape index (κ2) is 4.88. The lowest BCUT2D eigenvalue weighted by Gasteiger charge is -2.24. The zero-order chi connectivity index (χ0) is 12.4. The fraction of sp³-hybridized carbons (Fsp3) is 0.500. The third-order valence-corrected chi connectivity index (χ3v) is 3.64. The highest BCUT2D eigenvalue weighted by atomic mass is 16.2. The van der Waals surface area contributed by atoms with E-state index in [1.165, 1.54) is 0 Å². The fourth-order valence-electron chi connectivity index (χ4n) is 2.45. The number of nitrogens with zero attached hydrogens (tertiary/aromatic N) is 1. The molecule has 0 aromatic heterocycles. The van der Waals surface area contributed by atoms with Crippen LogP contribution in [0.25, 0.3) is 0 Å². The Morgan fingerprint density at radius 1 is 1.35 bits per heavy atom. The van der Waals surface area contributed by atoms with Crippen LogP contribution in [-0.2, 0) is 4.79 Å². The van der Waals surface area contributed by atoms with Crippen molar-refractivity contribution < 1.29 is 4.79 Å². The van der Waals surface area contributed by atoms with Crippen molar-refractivity contribution in [1.82, 2.24) is 5.32 Å². The second-order valence-corrected chi connectivity index (χ2v) is 4.93. The molecule has 1 amide bonds. The first-order chi connectivity index (χ1) is 8.11. The van der Waals surface area contributed by atoms with Gasteiger partial charge in [0.2, 0.25) is 5.91 Å². The molecular formula is C14H20N2O. The standard InChI is InChI=1S/C14H20N2O/c1-10-6-4-5-7-13(10)16(3)14(17)12-9-15-8-11(12)2/h4-7,11-12,15H,8-9H2,1-3H3. The highest BCUT2D eigenvalue weighted by Gasteiger charge is 2.32. The van der Waals surface area contributed by atoms with Crippen LogP contribution in [0.4, 0.5) is 5.69 Å². The average Bonchev–Trinajstić information content (AvgIpc) is 2.74. The molecule has 1 N–H and O–H groups in total. The lowest BCUT2D eigenvalue weighted by Crippen LogP contribution is -2.36. The van der Waals surface area contributed by atoms with E-state index in [2.05, 4.69) is 12.2 Å². The Morgan fingerprint density at radius 3 is 2.65 bits per heavy atom. The molecule has 0 radical (unpaired) electrons. The van der Waals surface area contributed by atoms with Crippen LogP contribution in [0.15, 0.2) is 24.3 Å². The smallest absolute Gasteiger partial charge is 0.231 e. The Hall–Kier alpha value is -1.35. The molecule has 2 rings (SSSR count). The van der Waals surface area contributed by atoms with Crippen molar-refractivity contribution in [3.8, 4) is 0 Å². The maximum Gasteiger partial charge on any atom is 0.231 e. The van der Waals surface area contributed by atoms with E-state index < -0.39 is 0 Å². The maximum absolute atomic E-state index is 12.4. The van der Waals surface area contributed by atoms with Crippen LogP contribution in [0.1, 0.15) is 12.5 Å². The summed E-state index contributed by atoms with van der Waals surface area (Å²) in [6.45, 7) is 5.91. The van der Waals surface area contributed by atoms with Crippen molar-refractivity contribution in [2.45, 2.75) is 13.8 Å². The molecule has 2 atom stereocenters. The SMILES string of the molecule is Cc1ccccc1N(C)C(=O)C1CNCC1C. The third-order valence-electron chi connectivity index (χ3n) is 3.64. The van der Waals surface area contributed by atoms with Crippen molar-refractivity contribution in [1.29, 1.82) is 0 Å². The van der Waals surface area contributed by atoms with Crippen molar-refractivity contribution >= 4 is 11.6 Å². The molecule has 1 aromatic rings. The highest BCUT2D eigenvalue weighted by Crippen LogP contribution is 2.24. The van der Waals surface area contributed by atoms with Gasteiger partial charge in [0, 0.05) is 19.3 Å². The van der Waals surface area contributed by atoms with E-state index in [-0.39, 0.29) is 11.8 Å². The Bertz CT molecular complexity index is 416. The van der Waals surface area contributed by atoms with Gasteiger partial charge in [-0.25, -0.2) is 0 Å². The Labute approximate surface area is 103 Å². The number of nitrogens with one attached hydrogen (secondary N) is 1. The summed E-state index contributed by atoms with van der Waals surface area (Å²) in [7, 11) is 1.87. The molecule has 0 spiro atoms. The predicted octanol–water partition coefficient (Wildman–Crippen LogP) is 1.81. The molecule has 0 bridgehead atoms. The van der Waals surface area contributed by atoms with Gasteiger partial charge in [0.1, 0.15) is 0 Å². The van der Waals surface area contributed by atoms with Crippen molar-refractivity contribution in [2.75, 3.05) is 25.0 Å². The van der Waals surface area contributed by atoms with Gasteiger partial charge >= 0.3 is 0 Å². The molecule has 1 aliphatic heterocycles. The summed E-state index contributed by atoms with van der Waals surface area (Å²) in [5.41, 5.74) is 2.15. The van der Waals surface area contributed by atoms with Gasteiger partial charge in [0.15, 0.2) is 0 Å². The van der Waals surface area contributed by atoms with Gasteiger partial charge in [-0.05, 0) is 31.0 Å². The molecule has 1 aliphatic rings. The Morgan fingerprint density at radius 2 is 2.06 bits per heavy atom. The summed E-state index contributed by atoms with van der Waals surface area (Å²) < 4.78 is 0. The lowest BCUT2D eigenvalue weighted by atomic mass is 9.96. The number of amides is 1. The maximum atomic E-state index is 12.4. The first kappa shape index (κ1) is 12.1. The minimum Gasteiger partial charge on any atom is -0.316 e. The number of para-hydroxylation sites is 1. The summed E-state index contributed by atoms with van der Waals surface area (Å²) in [5, 5.41) is 3.28. The first-order valence-electron chi connectivity index (χ1n) is 6.15. The van der Waals surface area contributed by atoms with Gasteiger partial charge in [-0.1, -0.05) is 25.1 Å². The number of carbonyl (C=O) groups is 1. The molecular weight excluding hydrogens is 212 g/mol. The minimum atomic E-state index is 0.111. The van der Waals surface area contributed by atoms with Crippen LogP contribution in [0.2, 0.25) is 0 Å². The number of benzene rings is 1. The monoisotopic (exact) mass is 232 g/mol. The molecule has 1 fully saturated rings. The number of rotatable bonds is 2. The van der Waals surface area contributed by atoms with Gasteiger partial charge in [-0.2, -0.15) is 0 Å². The molecule has 3 nitrogen and oxygen atoms in total. The predicted molar refractivity (Wildman–Crippen MR) is 70.1 cm³/mol. The summed E-state index contributed by atoms with van der Waals surface area (Å²) in [5.74, 6) is 0.755. The summed E-state index contributed by atoms with van der Waals surface area (Å²) >= 11 is 0. The molecule has 0 aliphatic carbocycles. The van der Waals surface area contributed by atoms with E-state index in [0.717, 1.165) is 24.3 Å². The number of aryl methyl sites for hydroxylation is 1. The topological polar surface area (TPSA) is 32.3 Å². The van der Waals surface area contributed by atoms with Crippen LogP contribution in [0, 0.1) is 18.8 Å². The largest absolute Gasteiger partial charge is 0.316 e. The first-order valence-corrected chi connectivity index (χ1v) is 6.15. The van der Waals surface area contributed by atoms with E-state index in [9.17, 15) is 4.79 Å². The molecule has 0 saturated carbocycles. The quantitative estimate of drug-likeness (QED) is 0.843. The van der Waals surface area contributed by atoms with Crippen LogP contribution in [0.3, 0.4) is 0 Å². The minimum absolute atomic E-state index is 0.111. The molecule has 1 saturated heterocycles. The summed E-state index contributed by atoms with van der Waals surface area (Å²) in [4.78, 5) is 14.2. The normalized spacial score (nSPS) is 23.7. The fourth-order valence-corrected chi connectivity index (χ4v) is 2.45. The van der Waals surface area contributed by atoms with Crippen molar-refractivity contribution in [3.63, 3.8) is 0 Å². The summed E-state index contributed by atoms with van der Waals surface area (Å²) in [6.07, 6.45) is 0. The lowest BCUT2D eigenvalue weighted by molar-refractivity contribution is -0.122. The molecule has 17 heavy (non-hydrogen) atoms. The van der Waals surface area contributed by atoms with Crippen molar-refractivity contribution in [3.05, 3.63) is 29.8 Å². The van der Waals surface area contributed by atoms with Crippen molar-refractivity contribution in [2.24, 2.45) is 11.8 Å². The number of hydrogen-bond donors (Lipinski definition) is 1. The highest BCUT2D eigenvalue weighted by molar-refractivity contribution is 5.95. The van der Waals surface area contributed by atoms with E-state index in [4.69, 9.17) is 0 Å². The van der Waals surface area contributed by atoms with E-state index in [0.29, 0.717) is 5.92 Å². The van der Waals surface area contributed by atoms with E-state index in [1.807, 2.05) is 38.2 Å². The van der Waals surface area contributed by atoms with Crippen LogP contribution < -0.4 is 10.2 Å². The molecule has 1 heterocycles. The zero-order valence-electron chi connectivity index (χ0n) is 10.7. The molecule has 92 valence electrons. The molecule has 3 heteroatoms. The van der Waals surface area contributed by atoms with Crippen LogP contribution in [-0.4, -0.2) is 26.0 Å². The van der Waals surface area contributed by atoms with Gasteiger partial charge in [-0.15, -0.1) is 0 Å². The third kappa shape index (κ3) is 2.34. The van der Waals surface area contributed by atoms with E-state index >= 15 is 0 Å². The number of anilines is 1. The van der Waals surface area contributed by atoms with Gasteiger partial charge in [-0.3, -0.25) is 4.79 Å². The van der Waals surface area contributed by atoms with Gasteiger partial charge < -0.3 is 10.2 Å². The summed E-state index contributed by atoms with van der Waals surface area (Å²) in [6, 6.07) is 8.01. The Kier molecular flexibility index (Phi) is 3.48. The number of hydrogen-bond acceptors (Lipinski definition) is 2. The van der Waals surface area contributed by atoms with Crippen LogP contribution >= 0.6 is 0 Å². The number of carbonyl (C=O) groups excluding carboxylic acids is 1. The second-order valence-electron chi connectivity index (χ2n) is 4.93. The molecule has 2 unspecified atom stereocenters. The average molecular weight is 232 g/mol. The Balaban J connectivity index is 2.17. The van der Waals surface area contributed by atoms with Crippen LogP contribution in [0.5, 0.6) is 0 Å². The van der Waals surface area contributed by atoms with Gasteiger partial charge in [0.25, 0.3) is 0 Å². The molecule has 1 aromatic carbocycles.